The van der Waals surface area contributed by atoms with Crippen LogP contribution in [0, 0.1) is 0 Å². The predicted molar refractivity (Wildman–Crippen MR) is 140 cm³/mol. The maximum absolute atomic E-state index is 4.84. The van der Waals surface area contributed by atoms with Crippen molar-refractivity contribution < 1.29 is 0 Å². The maximum atomic E-state index is 4.84. The summed E-state index contributed by atoms with van der Waals surface area (Å²) in [5.41, 5.74) is 9.41. The van der Waals surface area contributed by atoms with Gasteiger partial charge in [0.15, 0.2) is 0 Å². The zero-order valence-electron chi connectivity index (χ0n) is 19.8. The van der Waals surface area contributed by atoms with Gasteiger partial charge in [-0.3, -0.25) is 0 Å². The van der Waals surface area contributed by atoms with Crippen molar-refractivity contribution >= 4 is 28.5 Å². The molecular weight excluding hydrogens is 420 g/mol. The number of hydrogen-bond donors (Lipinski definition) is 3. The van der Waals surface area contributed by atoms with Gasteiger partial charge >= 0.3 is 0 Å². The Balaban J connectivity index is 1.02. The van der Waals surface area contributed by atoms with Crippen molar-refractivity contribution in [2.75, 3.05) is 49.1 Å². The third-order valence-electron chi connectivity index (χ3n) is 8.25. The molecule has 176 valence electrons. The summed E-state index contributed by atoms with van der Waals surface area (Å²) < 4.78 is 0. The van der Waals surface area contributed by atoms with Crippen LogP contribution < -0.4 is 20.4 Å². The van der Waals surface area contributed by atoms with E-state index in [-0.39, 0.29) is 0 Å². The Morgan fingerprint density at radius 3 is 2.24 bits per heavy atom. The summed E-state index contributed by atoms with van der Waals surface area (Å²) in [5.74, 6) is 1.09. The zero-order valence-corrected chi connectivity index (χ0v) is 19.8. The monoisotopic (exact) mass is 454 g/mol. The first-order valence-electron chi connectivity index (χ1n) is 13.1. The van der Waals surface area contributed by atoms with Gasteiger partial charge < -0.3 is 25.4 Å². The van der Waals surface area contributed by atoms with Crippen molar-refractivity contribution in [2.24, 2.45) is 0 Å². The van der Waals surface area contributed by atoms with Crippen molar-refractivity contribution in [3.63, 3.8) is 0 Å². The van der Waals surface area contributed by atoms with Gasteiger partial charge in [0.1, 0.15) is 5.82 Å². The Bertz CT molecular complexity index is 1220. The highest BCUT2D eigenvalue weighted by Gasteiger charge is 2.25. The van der Waals surface area contributed by atoms with E-state index in [0.717, 1.165) is 56.0 Å². The van der Waals surface area contributed by atoms with E-state index >= 15 is 0 Å². The van der Waals surface area contributed by atoms with Crippen molar-refractivity contribution in [1.82, 2.24) is 20.6 Å². The van der Waals surface area contributed by atoms with E-state index in [4.69, 9.17) is 4.98 Å². The Labute approximate surface area is 201 Å². The van der Waals surface area contributed by atoms with E-state index in [0.29, 0.717) is 12.1 Å². The minimum Gasteiger partial charge on any atom is -0.368 e. The molecule has 6 nitrogen and oxygen atoms in total. The van der Waals surface area contributed by atoms with E-state index in [1.807, 2.05) is 0 Å². The third-order valence-corrected chi connectivity index (χ3v) is 8.25. The SMILES string of the molecule is C1=C(C2CCCN2)Cc2cc(N3CCN(c4ccc5nc([C@@H]6CCCN6)[nH]c5c4)CC3)ccc21. The number of imidazole rings is 1. The number of rotatable bonds is 4. The highest BCUT2D eigenvalue weighted by atomic mass is 15.3. The molecule has 1 aromatic heterocycles. The van der Waals surface area contributed by atoms with Crippen molar-refractivity contribution in [3.05, 3.63) is 58.9 Å². The molecule has 0 amide bonds. The molecule has 34 heavy (non-hydrogen) atoms. The number of hydrogen-bond acceptors (Lipinski definition) is 5. The number of fused-ring (bicyclic) bond motifs is 2. The summed E-state index contributed by atoms with van der Waals surface area (Å²) in [6.45, 7) is 6.46. The highest BCUT2D eigenvalue weighted by molar-refractivity contribution is 5.80. The third kappa shape index (κ3) is 3.69. The van der Waals surface area contributed by atoms with Gasteiger partial charge in [0.2, 0.25) is 0 Å². The molecule has 0 radical (unpaired) electrons. The van der Waals surface area contributed by atoms with Crippen LogP contribution in [0.3, 0.4) is 0 Å². The summed E-state index contributed by atoms with van der Waals surface area (Å²) in [6, 6.07) is 14.8. The Kier molecular flexibility index (Phi) is 5.09. The molecule has 3 aliphatic heterocycles. The topological polar surface area (TPSA) is 59.2 Å². The van der Waals surface area contributed by atoms with Crippen molar-refractivity contribution in [2.45, 2.75) is 44.2 Å². The molecule has 0 saturated carbocycles. The molecule has 3 aromatic rings. The van der Waals surface area contributed by atoms with Crippen LogP contribution in [0.2, 0.25) is 0 Å². The molecule has 7 rings (SSSR count). The van der Waals surface area contributed by atoms with Gasteiger partial charge in [-0.15, -0.1) is 0 Å². The summed E-state index contributed by atoms with van der Waals surface area (Å²) >= 11 is 0. The number of benzene rings is 2. The highest BCUT2D eigenvalue weighted by Crippen LogP contribution is 2.33. The van der Waals surface area contributed by atoms with E-state index in [2.05, 4.69) is 67.9 Å². The van der Waals surface area contributed by atoms with Gasteiger partial charge in [0.25, 0.3) is 0 Å². The predicted octanol–water partition coefficient (Wildman–Crippen LogP) is 4.01. The first-order chi connectivity index (χ1) is 16.8. The van der Waals surface area contributed by atoms with E-state index in [9.17, 15) is 0 Å². The molecular formula is C28H34N6. The van der Waals surface area contributed by atoms with Crippen molar-refractivity contribution in [1.29, 1.82) is 0 Å². The van der Waals surface area contributed by atoms with Crippen LogP contribution in [0.5, 0.6) is 0 Å². The second-order valence-corrected chi connectivity index (χ2v) is 10.4. The lowest BCUT2D eigenvalue weighted by Crippen LogP contribution is -2.46. The molecule has 4 heterocycles. The molecule has 2 atom stereocenters. The summed E-state index contributed by atoms with van der Waals surface area (Å²) in [5, 5.41) is 7.21. The van der Waals surface area contributed by atoms with Gasteiger partial charge in [0.05, 0.1) is 17.1 Å². The number of nitrogens with one attached hydrogen (secondary N) is 3. The number of aromatic amines is 1. The molecule has 4 aliphatic rings. The minimum absolute atomic E-state index is 0.382. The molecule has 0 spiro atoms. The quantitative estimate of drug-likeness (QED) is 0.556. The summed E-state index contributed by atoms with van der Waals surface area (Å²) in [4.78, 5) is 13.5. The Hall–Kier alpha value is -2.83. The van der Waals surface area contributed by atoms with Crippen LogP contribution in [-0.2, 0) is 6.42 Å². The first-order valence-corrected chi connectivity index (χ1v) is 13.1. The second kappa shape index (κ2) is 8.43. The van der Waals surface area contributed by atoms with Crippen LogP contribution >= 0.6 is 0 Å². The molecule has 1 unspecified atom stereocenters. The van der Waals surface area contributed by atoms with Crippen LogP contribution in [0.15, 0.2) is 42.0 Å². The van der Waals surface area contributed by atoms with E-state index < -0.39 is 0 Å². The average molecular weight is 455 g/mol. The lowest BCUT2D eigenvalue weighted by atomic mass is 10.0. The molecule has 6 heteroatoms. The van der Waals surface area contributed by atoms with E-state index in [1.54, 1.807) is 5.57 Å². The number of anilines is 2. The van der Waals surface area contributed by atoms with Crippen LogP contribution in [-0.4, -0.2) is 55.3 Å². The van der Waals surface area contributed by atoms with Gasteiger partial charge in [-0.25, -0.2) is 4.98 Å². The van der Waals surface area contributed by atoms with Crippen LogP contribution in [0.25, 0.3) is 17.1 Å². The summed E-state index contributed by atoms with van der Waals surface area (Å²) in [6.07, 6.45) is 8.55. The Morgan fingerprint density at radius 1 is 0.794 bits per heavy atom. The van der Waals surface area contributed by atoms with Crippen molar-refractivity contribution in [3.8, 4) is 0 Å². The fraction of sp³-hybridized carbons (Fsp3) is 0.464. The Morgan fingerprint density at radius 2 is 1.50 bits per heavy atom. The molecule has 3 N–H and O–H groups in total. The standard InChI is InChI=1S/C28H34N6/c1-3-24(29-9-1)21-15-19-5-6-22(17-20(19)16-21)33-11-13-34(14-12-33)23-7-8-25-27(18-23)32-28(31-25)26-4-2-10-30-26/h5-8,15,17-18,24,26,29-30H,1-4,9-14,16H2,(H,31,32)/t24?,26-/m0/s1. The van der Waals surface area contributed by atoms with Crippen LogP contribution in [0.4, 0.5) is 11.4 Å². The number of nitrogens with zero attached hydrogens (tertiary/aromatic N) is 3. The lowest BCUT2D eigenvalue weighted by molar-refractivity contribution is 0.614. The lowest BCUT2D eigenvalue weighted by Gasteiger charge is -2.37. The van der Waals surface area contributed by atoms with Gasteiger partial charge in [-0.05, 0) is 92.2 Å². The second-order valence-electron chi connectivity index (χ2n) is 10.4. The molecule has 3 fully saturated rings. The van der Waals surface area contributed by atoms with Gasteiger partial charge in [-0.2, -0.15) is 0 Å². The van der Waals surface area contributed by atoms with Gasteiger partial charge in [-0.1, -0.05) is 12.1 Å². The van der Waals surface area contributed by atoms with E-state index in [1.165, 1.54) is 54.7 Å². The summed E-state index contributed by atoms with van der Waals surface area (Å²) in [7, 11) is 0. The largest absolute Gasteiger partial charge is 0.368 e. The maximum Gasteiger partial charge on any atom is 0.124 e. The molecule has 2 aromatic carbocycles. The zero-order chi connectivity index (χ0) is 22.5. The van der Waals surface area contributed by atoms with Gasteiger partial charge in [0, 0.05) is 43.6 Å². The number of piperazine rings is 1. The number of H-pyrrole nitrogens is 1. The molecule has 1 aliphatic carbocycles. The first kappa shape index (κ1) is 20.5. The number of aromatic nitrogens is 2. The average Bonchev–Trinajstić information content (AvgIpc) is 3.69. The minimum atomic E-state index is 0.382. The fourth-order valence-electron chi connectivity index (χ4n) is 6.30. The fourth-order valence-corrected chi connectivity index (χ4v) is 6.30. The smallest absolute Gasteiger partial charge is 0.124 e. The van der Waals surface area contributed by atoms with Crippen LogP contribution in [0.1, 0.15) is 48.7 Å². The normalized spacial score (nSPS) is 24.8. The molecule has 3 saturated heterocycles. The molecule has 0 bridgehead atoms.